The molecule has 1 aliphatic heterocycles. The first kappa shape index (κ1) is 18.4. The summed E-state index contributed by atoms with van der Waals surface area (Å²) in [6.07, 6.45) is 5.45. The molecule has 1 fully saturated rings. The Balaban J connectivity index is 1.49. The van der Waals surface area contributed by atoms with Crippen LogP contribution in [0.2, 0.25) is 0 Å². The van der Waals surface area contributed by atoms with E-state index in [0.29, 0.717) is 5.92 Å². The Kier molecular flexibility index (Phi) is 6.65. The summed E-state index contributed by atoms with van der Waals surface area (Å²) in [6, 6.07) is 3.89. The van der Waals surface area contributed by atoms with Crippen molar-refractivity contribution in [2.45, 2.75) is 26.9 Å². The molecule has 2 aromatic heterocycles. The van der Waals surface area contributed by atoms with Gasteiger partial charge in [-0.3, -0.25) is 14.6 Å². The Bertz CT molecular complexity index is 645. The van der Waals surface area contributed by atoms with Crippen LogP contribution in [0.15, 0.2) is 40.3 Å². The van der Waals surface area contributed by atoms with Crippen LogP contribution < -0.4 is 5.32 Å². The van der Waals surface area contributed by atoms with Crippen LogP contribution in [0, 0.1) is 5.92 Å². The van der Waals surface area contributed by atoms with E-state index in [1.807, 2.05) is 29.2 Å². The first-order valence-electron chi connectivity index (χ1n) is 9.37. The van der Waals surface area contributed by atoms with Gasteiger partial charge in [-0.2, -0.15) is 5.10 Å². The molecule has 1 aliphatic rings. The molecule has 1 atom stereocenters. The first-order valence-corrected chi connectivity index (χ1v) is 9.37. The van der Waals surface area contributed by atoms with Gasteiger partial charge in [-0.15, -0.1) is 0 Å². The molecule has 0 radical (unpaired) electrons. The summed E-state index contributed by atoms with van der Waals surface area (Å²) in [4.78, 5) is 9.61. The summed E-state index contributed by atoms with van der Waals surface area (Å²) >= 11 is 0. The molecule has 8 heteroatoms. The SMILES string of the molecule is CCNC(=NCC(C)Cn1cccn1)N1CCN(Cc2ccon2)CC1. The fraction of sp³-hybridized carbons (Fsp3) is 0.611. The van der Waals surface area contributed by atoms with Gasteiger partial charge in [0, 0.05) is 70.8 Å². The van der Waals surface area contributed by atoms with E-state index in [-0.39, 0.29) is 0 Å². The fourth-order valence-corrected chi connectivity index (χ4v) is 3.12. The van der Waals surface area contributed by atoms with Gasteiger partial charge in [0.1, 0.15) is 6.26 Å². The smallest absolute Gasteiger partial charge is 0.194 e. The van der Waals surface area contributed by atoms with Gasteiger partial charge in [-0.25, -0.2) is 0 Å². The lowest BCUT2D eigenvalue weighted by Gasteiger charge is -2.36. The zero-order chi connectivity index (χ0) is 18.2. The number of guanidine groups is 1. The van der Waals surface area contributed by atoms with Crippen LogP contribution >= 0.6 is 0 Å². The molecule has 3 heterocycles. The number of aromatic nitrogens is 3. The van der Waals surface area contributed by atoms with Crippen LogP contribution in [0.25, 0.3) is 0 Å². The molecule has 26 heavy (non-hydrogen) atoms. The third-order valence-corrected chi connectivity index (χ3v) is 4.49. The lowest BCUT2D eigenvalue weighted by Crippen LogP contribution is -2.52. The second-order valence-corrected chi connectivity index (χ2v) is 6.78. The first-order chi connectivity index (χ1) is 12.7. The monoisotopic (exact) mass is 359 g/mol. The summed E-state index contributed by atoms with van der Waals surface area (Å²) in [7, 11) is 0. The molecular weight excluding hydrogens is 330 g/mol. The highest BCUT2D eigenvalue weighted by molar-refractivity contribution is 5.80. The quantitative estimate of drug-likeness (QED) is 0.593. The zero-order valence-electron chi connectivity index (χ0n) is 15.7. The van der Waals surface area contributed by atoms with Crippen molar-refractivity contribution in [2.75, 3.05) is 39.3 Å². The van der Waals surface area contributed by atoms with Crippen molar-refractivity contribution in [1.29, 1.82) is 0 Å². The summed E-state index contributed by atoms with van der Waals surface area (Å²) < 4.78 is 6.88. The van der Waals surface area contributed by atoms with Gasteiger partial charge < -0.3 is 14.7 Å². The van der Waals surface area contributed by atoms with Crippen molar-refractivity contribution >= 4 is 5.96 Å². The van der Waals surface area contributed by atoms with E-state index in [2.05, 4.69) is 39.2 Å². The largest absolute Gasteiger partial charge is 0.364 e. The molecule has 0 aliphatic carbocycles. The highest BCUT2D eigenvalue weighted by Crippen LogP contribution is 2.08. The van der Waals surface area contributed by atoms with Crippen LogP contribution in [0.5, 0.6) is 0 Å². The van der Waals surface area contributed by atoms with Gasteiger partial charge in [-0.1, -0.05) is 12.1 Å². The summed E-state index contributed by atoms with van der Waals surface area (Å²) in [5, 5.41) is 11.7. The van der Waals surface area contributed by atoms with Gasteiger partial charge in [0.05, 0.1) is 5.69 Å². The van der Waals surface area contributed by atoms with Crippen molar-refractivity contribution in [2.24, 2.45) is 10.9 Å². The fourth-order valence-electron chi connectivity index (χ4n) is 3.12. The van der Waals surface area contributed by atoms with E-state index >= 15 is 0 Å². The van der Waals surface area contributed by atoms with E-state index < -0.39 is 0 Å². The number of nitrogens with one attached hydrogen (secondary N) is 1. The number of rotatable bonds is 7. The third kappa shape index (κ3) is 5.32. The van der Waals surface area contributed by atoms with E-state index in [1.54, 1.807) is 6.26 Å². The molecule has 0 amide bonds. The maximum Gasteiger partial charge on any atom is 0.194 e. The lowest BCUT2D eigenvalue weighted by atomic mass is 10.2. The summed E-state index contributed by atoms with van der Waals surface area (Å²) in [6.45, 7) is 11.7. The zero-order valence-corrected chi connectivity index (χ0v) is 15.7. The predicted octanol–water partition coefficient (Wildman–Crippen LogP) is 1.29. The van der Waals surface area contributed by atoms with Gasteiger partial charge in [0.15, 0.2) is 5.96 Å². The second kappa shape index (κ2) is 9.38. The molecule has 1 unspecified atom stereocenters. The van der Waals surface area contributed by atoms with Crippen molar-refractivity contribution in [3.05, 3.63) is 36.5 Å². The second-order valence-electron chi connectivity index (χ2n) is 6.78. The maximum absolute atomic E-state index is 4.92. The average molecular weight is 359 g/mol. The minimum Gasteiger partial charge on any atom is -0.364 e. The van der Waals surface area contributed by atoms with Crippen molar-refractivity contribution < 1.29 is 4.52 Å². The van der Waals surface area contributed by atoms with Crippen LogP contribution in [-0.2, 0) is 13.1 Å². The van der Waals surface area contributed by atoms with Crippen molar-refractivity contribution in [1.82, 2.24) is 30.1 Å². The average Bonchev–Trinajstić information content (AvgIpc) is 3.33. The Labute approximate surface area is 154 Å². The number of hydrogen-bond acceptors (Lipinski definition) is 5. The Morgan fingerprint density at radius 3 is 2.85 bits per heavy atom. The van der Waals surface area contributed by atoms with E-state index in [0.717, 1.165) is 64.0 Å². The number of hydrogen-bond donors (Lipinski definition) is 1. The summed E-state index contributed by atoms with van der Waals surface area (Å²) in [5.74, 6) is 1.46. The van der Waals surface area contributed by atoms with E-state index in [9.17, 15) is 0 Å². The van der Waals surface area contributed by atoms with Gasteiger partial charge in [0.2, 0.25) is 0 Å². The molecule has 0 aromatic carbocycles. The van der Waals surface area contributed by atoms with E-state index in [1.165, 1.54) is 0 Å². The number of aliphatic imine (C=N–C) groups is 1. The minimum atomic E-state index is 0.442. The van der Waals surface area contributed by atoms with Gasteiger partial charge in [0.25, 0.3) is 0 Å². The van der Waals surface area contributed by atoms with Crippen molar-refractivity contribution in [3.63, 3.8) is 0 Å². The standard InChI is InChI=1S/C18H29N7O/c1-3-19-18(20-13-16(2)14-25-7-4-6-21-25)24-10-8-23(9-11-24)15-17-5-12-26-22-17/h4-7,12,16H,3,8-11,13-15H2,1-2H3,(H,19,20). The molecular formula is C18H29N7O. The van der Waals surface area contributed by atoms with Crippen LogP contribution in [0.4, 0.5) is 0 Å². The van der Waals surface area contributed by atoms with Gasteiger partial charge >= 0.3 is 0 Å². The molecule has 1 saturated heterocycles. The molecule has 1 N–H and O–H groups in total. The third-order valence-electron chi connectivity index (χ3n) is 4.49. The molecule has 8 nitrogen and oxygen atoms in total. The molecule has 0 bridgehead atoms. The summed E-state index contributed by atoms with van der Waals surface area (Å²) in [5.41, 5.74) is 0.992. The van der Waals surface area contributed by atoms with Crippen LogP contribution in [0.1, 0.15) is 19.5 Å². The highest BCUT2D eigenvalue weighted by atomic mass is 16.5. The van der Waals surface area contributed by atoms with Crippen LogP contribution in [0.3, 0.4) is 0 Å². The maximum atomic E-state index is 4.92. The Hall–Kier alpha value is -2.35. The van der Waals surface area contributed by atoms with E-state index in [4.69, 9.17) is 9.52 Å². The van der Waals surface area contributed by atoms with Crippen LogP contribution in [-0.4, -0.2) is 70.0 Å². The topological polar surface area (TPSA) is 74.7 Å². The molecule has 3 rings (SSSR count). The van der Waals surface area contributed by atoms with Gasteiger partial charge in [-0.05, 0) is 18.9 Å². The molecule has 142 valence electrons. The van der Waals surface area contributed by atoms with Crippen molar-refractivity contribution in [3.8, 4) is 0 Å². The minimum absolute atomic E-state index is 0.442. The number of nitrogens with zero attached hydrogens (tertiary/aromatic N) is 6. The highest BCUT2D eigenvalue weighted by Gasteiger charge is 2.20. The Morgan fingerprint density at radius 1 is 1.35 bits per heavy atom. The predicted molar refractivity (Wildman–Crippen MR) is 101 cm³/mol. The molecule has 2 aromatic rings. The molecule has 0 spiro atoms. The lowest BCUT2D eigenvalue weighted by molar-refractivity contribution is 0.169. The molecule has 0 saturated carbocycles. The number of piperazine rings is 1. The Morgan fingerprint density at radius 2 is 2.19 bits per heavy atom. The normalized spacial score (nSPS) is 17.5.